The fourth-order valence-electron chi connectivity index (χ4n) is 2.35. The second-order valence-electron chi connectivity index (χ2n) is 4.81. The number of hydrogen-bond donors (Lipinski definition) is 2. The molecule has 1 aromatic rings. The van der Waals surface area contributed by atoms with E-state index in [0.29, 0.717) is 19.2 Å². The molecule has 1 unspecified atom stereocenters. The monoisotopic (exact) mass is 280 g/mol. The number of nitrogens with one attached hydrogen (secondary N) is 1. The number of aliphatic hydroxyl groups excluding tert-OH is 1. The third-order valence-electron chi connectivity index (χ3n) is 3.45. The molecule has 4 nitrogen and oxygen atoms in total. The highest BCUT2D eigenvalue weighted by atomic mass is 16.5. The molecule has 0 heterocycles. The van der Waals surface area contributed by atoms with E-state index in [-0.39, 0.29) is 6.61 Å². The number of aliphatic hydroxyl groups is 1. The van der Waals surface area contributed by atoms with Crippen LogP contribution in [0.5, 0.6) is 0 Å². The molecule has 0 fully saturated rings. The second-order valence-corrected chi connectivity index (χ2v) is 4.81. The molecular formula is C16H28N2O2. The van der Waals surface area contributed by atoms with Gasteiger partial charge in [-0.3, -0.25) is 0 Å². The zero-order valence-corrected chi connectivity index (χ0v) is 12.9. The van der Waals surface area contributed by atoms with Gasteiger partial charge in [0.1, 0.15) is 0 Å². The van der Waals surface area contributed by atoms with Gasteiger partial charge in [-0.1, -0.05) is 26.0 Å². The molecule has 0 aromatic heterocycles. The lowest BCUT2D eigenvalue weighted by Crippen LogP contribution is -2.30. The van der Waals surface area contributed by atoms with Crippen LogP contribution >= 0.6 is 0 Å². The highest BCUT2D eigenvalue weighted by Crippen LogP contribution is 2.21. The molecule has 0 aliphatic heterocycles. The van der Waals surface area contributed by atoms with Crippen LogP contribution in [0.1, 0.15) is 31.9 Å². The Morgan fingerprint density at radius 2 is 1.90 bits per heavy atom. The van der Waals surface area contributed by atoms with E-state index in [0.717, 1.165) is 25.2 Å². The number of hydrogen-bond acceptors (Lipinski definition) is 4. The summed E-state index contributed by atoms with van der Waals surface area (Å²) >= 11 is 0. The number of methoxy groups -OCH3 is 1. The van der Waals surface area contributed by atoms with E-state index in [1.165, 1.54) is 5.56 Å². The van der Waals surface area contributed by atoms with Gasteiger partial charge < -0.3 is 20.1 Å². The van der Waals surface area contributed by atoms with Crippen LogP contribution in [-0.4, -0.2) is 45.1 Å². The quantitative estimate of drug-likeness (QED) is 0.689. The number of benzene rings is 1. The topological polar surface area (TPSA) is 44.7 Å². The smallest absolute Gasteiger partial charge is 0.0637 e. The van der Waals surface area contributed by atoms with E-state index in [1.54, 1.807) is 7.11 Å². The lowest BCUT2D eigenvalue weighted by atomic mass is 10.0. The van der Waals surface area contributed by atoms with Crippen LogP contribution in [0, 0.1) is 0 Å². The average Bonchev–Trinajstić information content (AvgIpc) is 2.49. The van der Waals surface area contributed by atoms with Gasteiger partial charge in [-0.15, -0.1) is 0 Å². The molecule has 2 N–H and O–H groups in total. The summed E-state index contributed by atoms with van der Waals surface area (Å²) in [4.78, 5) is 2.14. The van der Waals surface area contributed by atoms with Crippen LogP contribution in [0.15, 0.2) is 24.3 Å². The Hall–Kier alpha value is -1.10. The Kier molecular flexibility index (Phi) is 8.26. The lowest BCUT2D eigenvalue weighted by molar-refractivity contribution is 0.203. The molecule has 0 bridgehead atoms. The van der Waals surface area contributed by atoms with Crippen molar-refractivity contribution in [2.24, 2.45) is 0 Å². The SMILES string of the molecule is CCNC(CC)c1ccc(N(CCO)CCOC)cc1. The zero-order chi connectivity index (χ0) is 14.8. The minimum Gasteiger partial charge on any atom is -0.395 e. The molecule has 0 saturated carbocycles. The van der Waals surface area contributed by atoms with Gasteiger partial charge in [0.05, 0.1) is 13.2 Å². The Morgan fingerprint density at radius 3 is 2.40 bits per heavy atom. The summed E-state index contributed by atoms with van der Waals surface area (Å²) in [7, 11) is 1.70. The fraction of sp³-hybridized carbons (Fsp3) is 0.625. The van der Waals surface area contributed by atoms with Crippen molar-refractivity contribution in [2.75, 3.05) is 44.9 Å². The van der Waals surface area contributed by atoms with Gasteiger partial charge in [-0.05, 0) is 30.7 Å². The van der Waals surface area contributed by atoms with Crippen molar-refractivity contribution in [1.82, 2.24) is 5.32 Å². The van der Waals surface area contributed by atoms with Crippen molar-refractivity contribution in [3.05, 3.63) is 29.8 Å². The zero-order valence-electron chi connectivity index (χ0n) is 12.9. The number of ether oxygens (including phenoxy) is 1. The summed E-state index contributed by atoms with van der Waals surface area (Å²) in [5, 5.41) is 12.6. The Bertz CT molecular complexity index is 354. The van der Waals surface area contributed by atoms with Gasteiger partial charge in [0.2, 0.25) is 0 Å². The van der Waals surface area contributed by atoms with E-state index in [4.69, 9.17) is 9.84 Å². The molecule has 0 spiro atoms. The first-order valence-corrected chi connectivity index (χ1v) is 7.44. The molecule has 0 saturated heterocycles. The van der Waals surface area contributed by atoms with Gasteiger partial charge in [-0.25, -0.2) is 0 Å². The fourth-order valence-corrected chi connectivity index (χ4v) is 2.35. The van der Waals surface area contributed by atoms with Gasteiger partial charge in [0.15, 0.2) is 0 Å². The Balaban J connectivity index is 2.75. The van der Waals surface area contributed by atoms with Crippen LogP contribution in [0.2, 0.25) is 0 Å². The number of nitrogens with zero attached hydrogens (tertiary/aromatic N) is 1. The van der Waals surface area contributed by atoms with Crippen molar-refractivity contribution in [1.29, 1.82) is 0 Å². The minimum atomic E-state index is 0.153. The van der Waals surface area contributed by atoms with Crippen molar-refractivity contribution in [2.45, 2.75) is 26.3 Å². The molecule has 0 aliphatic carbocycles. The minimum absolute atomic E-state index is 0.153. The van der Waals surface area contributed by atoms with E-state index >= 15 is 0 Å². The maximum atomic E-state index is 9.16. The van der Waals surface area contributed by atoms with Crippen molar-refractivity contribution < 1.29 is 9.84 Å². The first kappa shape index (κ1) is 17.0. The summed E-state index contributed by atoms with van der Waals surface area (Å²) in [6.07, 6.45) is 1.08. The molecule has 1 aromatic carbocycles. The van der Waals surface area contributed by atoms with Crippen molar-refractivity contribution in [3.8, 4) is 0 Å². The van der Waals surface area contributed by atoms with Gasteiger partial charge >= 0.3 is 0 Å². The number of anilines is 1. The van der Waals surface area contributed by atoms with Crippen molar-refractivity contribution >= 4 is 5.69 Å². The van der Waals surface area contributed by atoms with Gasteiger partial charge in [0, 0.05) is 31.9 Å². The maximum Gasteiger partial charge on any atom is 0.0637 e. The molecule has 1 rings (SSSR count). The standard InChI is InChI=1S/C16H28N2O2/c1-4-16(17-5-2)14-6-8-15(9-7-14)18(10-12-19)11-13-20-3/h6-9,16-17,19H,4-5,10-13H2,1-3H3. The summed E-state index contributed by atoms with van der Waals surface area (Å²) in [5.74, 6) is 0. The summed E-state index contributed by atoms with van der Waals surface area (Å²) < 4.78 is 5.12. The highest BCUT2D eigenvalue weighted by Gasteiger charge is 2.09. The summed E-state index contributed by atoms with van der Waals surface area (Å²) in [6, 6.07) is 9.01. The molecule has 0 radical (unpaired) electrons. The average molecular weight is 280 g/mol. The van der Waals surface area contributed by atoms with Gasteiger partial charge in [0.25, 0.3) is 0 Å². The third-order valence-corrected chi connectivity index (χ3v) is 3.45. The van der Waals surface area contributed by atoms with E-state index in [1.807, 2.05) is 0 Å². The second kappa shape index (κ2) is 9.75. The Labute approximate surface area is 122 Å². The van der Waals surface area contributed by atoms with Crippen LogP contribution in [0.3, 0.4) is 0 Å². The van der Waals surface area contributed by atoms with Crippen LogP contribution in [0.25, 0.3) is 0 Å². The van der Waals surface area contributed by atoms with Crippen LogP contribution in [0.4, 0.5) is 5.69 Å². The predicted octanol–water partition coefficient (Wildman–Crippen LogP) is 2.19. The summed E-state index contributed by atoms with van der Waals surface area (Å²) in [6.45, 7) is 7.54. The molecule has 20 heavy (non-hydrogen) atoms. The molecule has 0 aliphatic rings. The molecular weight excluding hydrogens is 252 g/mol. The van der Waals surface area contributed by atoms with Gasteiger partial charge in [-0.2, -0.15) is 0 Å². The third kappa shape index (κ3) is 5.12. The largest absolute Gasteiger partial charge is 0.395 e. The van der Waals surface area contributed by atoms with Crippen LogP contribution < -0.4 is 10.2 Å². The van der Waals surface area contributed by atoms with E-state index < -0.39 is 0 Å². The normalized spacial score (nSPS) is 12.4. The molecule has 4 heteroatoms. The highest BCUT2D eigenvalue weighted by molar-refractivity contribution is 5.48. The Morgan fingerprint density at radius 1 is 1.20 bits per heavy atom. The number of rotatable bonds is 10. The van der Waals surface area contributed by atoms with E-state index in [9.17, 15) is 0 Å². The van der Waals surface area contributed by atoms with Crippen molar-refractivity contribution in [3.63, 3.8) is 0 Å². The maximum absolute atomic E-state index is 9.16. The summed E-state index contributed by atoms with van der Waals surface area (Å²) in [5.41, 5.74) is 2.44. The van der Waals surface area contributed by atoms with E-state index in [2.05, 4.69) is 48.3 Å². The lowest BCUT2D eigenvalue weighted by Gasteiger charge is -2.24. The predicted molar refractivity (Wildman–Crippen MR) is 84.3 cm³/mol. The molecule has 114 valence electrons. The molecule has 0 amide bonds. The van der Waals surface area contributed by atoms with Crippen LogP contribution in [-0.2, 0) is 4.74 Å². The first-order valence-electron chi connectivity index (χ1n) is 7.44. The molecule has 1 atom stereocenters. The first-order chi connectivity index (χ1) is 9.76.